The predicted molar refractivity (Wildman–Crippen MR) is 82.4 cm³/mol. The minimum Gasteiger partial charge on any atom is -0.464 e. The minimum atomic E-state index is -0.795. The highest BCUT2D eigenvalue weighted by Crippen LogP contribution is 2.23. The fourth-order valence-corrected chi connectivity index (χ4v) is 2.60. The van der Waals surface area contributed by atoms with Crippen LogP contribution >= 0.6 is 0 Å². The number of rotatable bonds is 5. The molecular weight excluding hydrogens is 282 g/mol. The van der Waals surface area contributed by atoms with Crippen LogP contribution in [0.15, 0.2) is 18.2 Å². The molecule has 2 rings (SSSR count). The van der Waals surface area contributed by atoms with Crippen molar-refractivity contribution in [2.75, 3.05) is 13.2 Å². The highest BCUT2D eigenvalue weighted by atomic mass is 16.5. The minimum absolute atomic E-state index is 0.253. The fourth-order valence-electron chi connectivity index (χ4n) is 2.60. The highest BCUT2D eigenvalue weighted by molar-refractivity contribution is 5.88. The second kappa shape index (κ2) is 7.40. The third-order valence-corrected chi connectivity index (χ3v) is 3.99. The average Bonchev–Trinajstić information content (AvgIpc) is 3.02. The number of amides is 1. The standard InChI is InChI=1S/C17H23NO4/c1-4-21-17(20)15(13-8-5-7-11(2)12(13)3)18-16(19)14-9-6-10-22-14/h5,7-8,14-15H,4,6,9-10H2,1-3H3,(H,18,19)/t14-,15-/m0/s1. The first-order valence-corrected chi connectivity index (χ1v) is 7.69. The first-order valence-electron chi connectivity index (χ1n) is 7.69. The van der Waals surface area contributed by atoms with E-state index in [2.05, 4.69) is 5.32 Å². The zero-order chi connectivity index (χ0) is 16.1. The molecule has 22 heavy (non-hydrogen) atoms. The molecule has 2 atom stereocenters. The molecule has 1 aliphatic heterocycles. The van der Waals surface area contributed by atoms with E-state index in [1.165, 1.54) is 0 Å². The lowest BCUT2D eigenvalue weighted by molar-refractivity contribution is -0.148. The van der Waals surface area contributed by atoms with E-state index in [9.17, 15) is 9.59 Å². The van der Waals surface area contributed by atoms with Crippen LogP contribution in [0.25, 0.3) is 0 Å². The fraction of sp³-hybridized carbons (Fsp3) is 0.529. The SMILES string of the molecule is CCOC(=O)[C@@H](NC(=O)[C@@H]1CCCO1)c1cccc(C)c1C. The van der Waals surface area contributed by atoms with Crippen LogP contribution in [0.3, 0.4) is 0 Å². The van der Waals surface area contributed by atoms with Crippen LogP contribution in [0, 0.1) is 13.8 Å². The monoisotopic (exact) mass is 305 g/mol. The molecule has 0 bridgehead atoms. The van der Waals surface area contributed by atoms with Crippen molar-refractivity contribution in [2.24, 2.45) is 0 Å². The van der Waals surface area contributed by atoms with Crippen molar-refractivity contribution in [3.63, 3.8) is 0 Å². The molecule has 1 aromatic carbocycles. The largest absolute Gasteiger partial charge is 0.464 e. The number of benzene rings is 1. The lowest BCUT2D eigenvalue weighted by Crippen LogP contribution is -2.41. The number of carbonyl (C=O) groups excluding carboxylic acids is 2. The first kappa shape index (κ1) is 16.5. The summed E-state index contributed by atoms with van der Waals surface area (Å²) < 4.78 is 10.5. The second-order valence-corrected chi connectivity index (χ2v) is 5.48. The highest BCUT2D eigenvalue weighted by Gasteiger charge is 2.30. The van der Waals surface area contributed by atoms with Crippen LogP contribution < -0.4 is 5.32 Å². The maximum atomic E-state index is 12.3. The van der Waals surface area contributed by atoms with E-state index in [0.717, 1.165) is 23.1 Å². The van der Waals surface area contributed by atoms with Gasteiger partial charge >= 0.3 is 5.97 Å². The molecule has 1 saturated heterocycles. The van der Waals surface area contributed by atoms with Gasteiger partial charge in [-0.05, 0) is 50.3 Å². The van der Waals surface area contributed by atoms with Gasteiger partial charge in [0.05, 0.1) is 6.61 Å². The Morgan fingerprint density at radius 1 is 1.41 bits per heavy atom. The number of ether oxygens (including phenoxy) is 2. The van der Waals surface area contributed by atoms with Crippen molar-refractivity contribution < 1.29 is 19.1 Å². The Bertz CT molecular complexity index is 550. The van der Waals surface area contributed by atoms with Gasteiger partial charge in [-0.3, -0.25) is 4.79 Å². The average molecular weight is 305 g/mol. The smallest absolute Gasteiger partial charge is 0.333 e. The van der Waals surface area contributed by atoms with Gasteiger partial charge in [0.1, 0.15) is 6.10 Å². The maximum Gasteiger partial charge on any atom is 0.333 e. The summed E-state index contributed by atoms with van der Waals surface area (Å²) in [6.45, 7) is 6.53. The van der Waals surface area contributed by atoms with Crippen molar-refractivity contribution in [2.45, 2.75) is 45.8 Å². The molecule has 1 N–H and O–H groups in total. The van der Waals surface area contributed by atoms with Gasteiger partial charge in [0.15, 0.2) is 6.04 Å². The summed E-state index contributed by atoms with van der Waals surface area (Å²) in [4.78, 5) is 24.6. The molecule has 0 radical (unpaired) electrons. The molecule has 0 saturated carbocycles. The maximum absolute atomic E-state index is 12.3. The Kier molecular flexibility index (Phi) is 5.55. The van der Waals surface area contributed by atoms with E-state index in [4.69, 9.17) is 9.47 Å². The number of hydrogen-bond acceptors (Lipinski definition) is 4. The van der Waals surface area contributed by atoms with Gasteiger partial charge in [-0.25, -0.2) is 4.79 Å². The summed E-state index contributed by atoms with van der Waals surface area (Å²) in [5, 5.41) is 2.79. The van der Waals surface area contributed by atoms with E-state index >= 15 is 0 Å². The Hall–Kier alpha value is -1.88. The Labute approximate surface area is 131 Å². The van der Waals surface area contributed by atoms with Crippen LogP contribution in [0.5, 0.6) is 0 Å². The van der Waals surface area contributed by atoms with E-state index in [-0.39, 0.29) is 12.5 Å². The first-order chi connectivity index (χ1) is 10.5. The number of carbonyl (C=O) groups is 2. The van der Waals surface area contributed by atoms with Gasteiger partial charge in [0.2, 0.25) is 5.91 Å². The lowest BCUT2D eigenvalue weighted by Gasteiger charge is -2.22. The van der Waals surface area contributed by atoms with Gasteiger partial charge in [0, 0.05) is 6.61 Å². The molecular formula is C17H23NO4. The van der Waals surface area contributed by atoms with E-state index < -0.39 is 18.1 Å². The molecule has 1 heterocycles. The number of hydrogen-bond donors (Lipinski definition) is 1. The Morgan fingerprint density at radius 2 is 2.18 bits per heavy atom. The molecule has 5 nitrogen and oxygen atoms in total. The van der Waals surface area contributed by atoms with Crippen LogP contribution in [0.4, 0.5) is 0 Å². The molecule has 0 aliphatic carbocycles. The molecule has 1 fully saturated rings. The van der Waals surface area contributed by atoms with Crippen LogP contribution in [0.2, 0.25) is 0 Å². The molecule has 0 spiro atoms. The van der Waals surface area contributed by atoms with Crippen LogP contribution in [-0.2, 0) is 19.1 Å². The van der Waals surface area contributed by atoms with Crippen molar-refractivity contribution >= 4 is 11.9 Å². The van der Waals surface area contributed by atoms with Crippen molar-refractivity contribution in [3.8, 4) is 0 Å². The van der Waals surface area contributed by atoms with Crippen molar-refractivity contribution in [3.05, 3.63) is 34.9 Å². The molecule has 120 valence electrons. The van der Waals surface area contributed by atoms with Crippen molar-refractivity contribution in [1.82, 2.24) is 5.32 Å². The van der Waals surface area contributed by atoms with Crippen LogP contribution in [0.1, 0.15) is 42.5 Å². The molecule has 0 aromatic heterocycles. The summed E-state index contributed by atoms with van der Waals surface area (Å²) in [6.07, 6.45) is 1.09. The van der Waals surface area contributed by atoms with Crippen molar-refractivity contribution in [1.29, 1.82) is 0 Å². The topological polar surface area (TPSA) is 64.6 Å². The van der Waals surface area contributed by atoms with E-state index in [1.807, 2.05) is 32.0 Å². The number of aryl methyl sites for hydroxylation is 1. The number of esters is 1. The molecule has 5 heteroatoms. The normalized spacial score (nSPS) is 18.8. The third kappa shape index (κ3) is 3.65. The van der Waals surface area contributed by atoms with Gasteiger partial charge in [-0.15, -0.1) is 0 Å². The summed E-state index contributed by atoms with van der Waals surface area (Å²) in [7, 11) is 0. The Morgan fingerprint density at radius 3 is 2.82 bits per heavy atom. The summed E-state index contributed by atoms with van der Waals surface area (Å²) in [5.41, 5.74) is 2.82. The molecule has 1 aromatic rings. The Balaban J connectivity index is 2.24. The van der Waals surface area contributed by atoms with Gasteiger partial charge in [-0.2, -0.15) is 0 Å². The quantitative estimate of drug-likeness (QED) is 0.847. The number of nitrogens with one attached hydrogen (secondary N) is 1. The molecule has 0 unspecified atom stereocenters. The van der Waals surface area contributed by atoms with Gasteiger partial charge in [-0.1, -0.05) is 18.2 Å². The summed E-state index contributed by atoms with van der Waals surface area (Å²) >= 11 is 0. The summed E-state index contributed by atoms with van der Waals surface area (Å²) in [5.74, 6) is -0.695. The van der Waals surface area contributed by atoms with E-state index in [0.29, 0.717) is 13.0 Å². The lowest BCUT2D eigenvalue weighted by atomic mass is 9.97. The van der Waals surface area contributed by atoms with Gasteiger partial charge in [0.25, 0.3) is 0 Å². The van der Waals surface area contributed by atoms with E-state index in [1.54, 1.807) is 6.92 Å². The zero-order valence-corrected chi connectivity index (χ0v) is 13.3. The van der Waals surface area contributed by atoms with Crippen LogP contribution in [-0.4, -0.2) is 31.2 Å². The third-order valence-electron chi connectivity index (χ3n) is 3.99. The second-order valence-electron chi connectivity index (χ2n) is 5.48. The van der Waals surface area contributed by atoms with Gasteiger partial charge < -0.3 is 14.8 Å². The zero-order valence-electron chi connectivity index (χ0n) is 13.3. The molecule has 1 amide bonds. The molecule has 1 aliphatic rings. The predicted octanol–water partition coefficient (Wildman–Crippen LogP) is 2.20. The summed E-state index contributed by atoms with van der Waals surface area (Å²) in [6, 6.07) is 4.90.